The second-order valence-electron chi connectivity index (χ2n) is 3.91. The molecule has 0 rings (SSSR count). The van der Waals surface area contributed by atoms with Crippen LogP contribution in [0.5, 0.6) is 0 Å². The SMILES string of the molecule is CCOC(=O)N[C@@](OC(C)C)(C(=O)OCC)C(F)(F)F. The number of carbonyl (C=O) groups is 2. The van der Waals surface area contributed by atoms with E-state index in [1.165, 1.54) is 33.0 Å². The van der Waals surface area contributed by atoms with Gasteiger partial charge in [0.15, 0.2) is 0 Å². The molecule has 6 nitrogen and oxygen atoms in total. The summed E-state index contributed by atoms with van der Waals surface area (Å²) in [6.45, 7) is 4.84. The maximum Gasteiger partial charge on any atom is 0.448 e. The molecule has 0 radical (unpaired) electrons. The van der Waals surface area contributed by atoms with Gasteiger partial charge in [-0.3, -0.25) is 5.32 Å². The van der Waals surface area contributed by atoms with Crippen LogP contribution in [0.2, 0.25) is 0 Å². The molecule has 0 spiro atoms. The van der Waals surface area contributed by atoms with Gasteiger partial charge >= 0.3 is 24.0 Å². The summed E-state index contributed by atoms with van der Waals surface area (Å²) in [6.07, 6.45) is -7.64. The van der Waals surface area contributed by atoms with E-state index >= 15 is 0 Å². The zero-order valence-corrected chi connectivity index (χ0v) is 11.7. The number of rotatable bonds is 6. The van der Waals surface area contributed by atoms with Gasteiger partial charge in [0, 0.05) is 0 Å². The lowest BCUT2D eigenvalue weighted by atomic mass is 10.2. The first-order chi connectivity index (χ1) is 9.10. The number of hydrogen-bond acceptors (Lipinski definition) is 5. The van der Waals surface area contributed by atoms with Gasteiger partial charge in [0.1, 0.15) is 0 Å². The van der Waals surface area contributed by atoms with E-state index in [1.54, 1.807) is 0 Å². The fourth-order valence-electron chi connectivity index (χ4n) is 1.28. The second-order valence-corrected chi connectivity index (χ2v) is 3.91. The maximum atomic E-state index is 13.2. The van der Waals surface area contributed by atoms with Crippen molar-refractivity contribution < 1.29 is 37.0 Å². The highest BCUT2D eigenvalue weighted by Gasteiger charge is 2.65. The summed E-state index contributed by atoms with van der Waals surface area (Å²) in [5.41, 5.74) is -3.59. The standard InChI is InChI=1S/C11H18F3NO5/c1-5-18-8(16)10(11(12,13)14,20-7(3)4)15-9(17)19-6-2/h7H,5-6H2,1-4H3,(H,15,17)/t10-/m1/s1. The molecule has 0 aromatic carbocycles. The van der Waals surface area contributed by atoms with Gasteiger partial charge in [-0.25, -0.2) is 9.59 Å². The van der Waals surface area contributed by atoms with Crippen molar-refractivity contribution in [3.8, 4) is 0 Å². The predicted molar refractivity (Wildman–Crippen MR) is 61.8 cm³/mol. The van der Waals surface area contributed by atoms with E-state index in [-0.39, 0.29) is 13.2 Å². The van der Waals surface area contributed by atoms with E-state index in [4.69, 9.17) is 0 Å². The minimum absolute atomic E-state index is 0.162. The van der Waals surface area contributed by atoms with E-state index in [2.05, 4.69) is 14.2 Å². The molecule has 20 heavy (non-hydrogen) atoms. The van der Waals surface area contributed by atoms with Gasteiger partial charge in [-0.1, -0.05) is 0 Å². The van der Waals surface area contributed by atoms with Crippen LogP contribution in [-0.2, 0) is 19.0 Å². The molecule has 0 fully saturated rings. The van der Waals surface area contributed by atoms with Crippen molar-refractivity contribution in [3.05, 3.63) is 0 Å². The molecule has 1 N–H and O–H groups in total. The van der Waals surface area contributed by atoms with E-state index in [1.807, 2.05) is 0 Å². The fourth-order valence-corrected chi connectivity index (χ4v) is 1.28. The lowest BCUT2D eigenvalue weighted by Crippen LogP contribution is -2.67. The molecule has 0 aromatic rings. The van der Waals surface area contributed by atoms with Crippen LogP contribution in [0, 0.1) is 0 Å². The van der Waals surface area contributed by atoms with Crippen LogP contribution in [-0.4, -0.2) is 43.3 Å². The van der Waals surface area contributed by atoms with Gasteiger partial charge in [-0.15, -0.1) is 0 Å². The summed E-state index contributed by atoms with van der Waals surface area (Å²) in [7, 11) is 0. The Morgan fingerprint density at radius 3 is 1.95 bits per heavy atom. The van der Waals surface area contributed by atoms with Crippen LogP contribution < -0.4 is 5.32 Å². The molecule has 1 amide bonds. The van der Waals surface area contributed by atoms with Crippen LogP contribution in [0.3, 0.4) is 0 Å². The normalized spacial score (nSPS) is 14.6. The Labute approximate surface area is 114 Å². The van der Waals surface area contributed by atoms with Crippen molar-refractivity contribution in [3.63, 3.8) is 0 Å². The van der Waals surface area contributed by atoms with Crippen molar-refractivity contribution in [1.29, 1.82) is 0 Å². The summed E-state index contributed by atoms with van der Waals surface area (Å²) in [4.78, 5) is 22.9. The number of hydrogen-bond donors (Lipinski definition) is 1. The molecule has 0 saturated carbocycles. The molecule has 0 saturated heterocycles. The molecular weight excluding hydrogens is 283 g/mol. The largest absolute Gasteiger partial charge is 0.462 e. The number of nitrogens with one attached hydrogen (secondary N) is 1. The first-order valence-electron chi connectivity index (χ1n) is 5.97. The zero-order chi connectivity index (χ0) is 16.0. The van der Waals surface area contributed by atoms with Crippen molar-refractivity contribution in [2.75, 3.05) is 13.2 Å². The number of alkyl halides is 3. The van der Waals surface area contributed by atoms with E-state index in [0.717, 1.165) is 0 Å². The van der Waals surface area contributed by atoms with Crippen molar-refractivity contribution in [2.24, 2.45) is 0 Å². The Kier molecular flexibility index (Phi) is 6.77. The highest BCUT2D eigenvalue weighted by Crippen LogP contribution is 2.34. The van der Waals surface area contributed by atoms with Crippen LogP contribution >= 0.6 is 0 Å². The molecule has 0 aliphatic heterocycles. The third kappa shape index (κ3) is 4.55. The summed E-state index contributed by atoms with van der Waals surface area (Å²) < 4.78 is 53.0. The number of halogens is 3. The van der Waals surface area contributed by atoms with Gasteiger partial charge in [0.05, 0.1) is 19.3 Å². The first-order valence-corrected chi connectivity index (χ1v) is 5.97. The Balaban J connectivity index is 5.54. The van der Waals surface area contributed by atoms with E-state index < -0.39 is 30.1 Å². The average Bonchev–Trinajstić information content (AvgIpc) is 2.26. The molecular formula is C11H18F3NO5. The Hall–Kier alpha value is -1.51. The number of amides is 1. The van der Waals surface area contributed by atoms with Crippen molar-refractivity contribution in [2.45, 2.75) is 45.7 Å². The number of carbonyl (C=O) groups excluding carboxylic acids is 2. The lowest BCUT2D eigenvalue weighted by molar-refractivity contribution is -0.293. The Bertz CT molecular complexity index is 345. The average molecular weight is 301 g/mol. The van der Waals surface area contributed by atoms with E-state index in [9.17, 15) is 22.8 Å². The molecule has 0 aliphatic rings. The molecule has 0 aromatic heterocycles. The quantitative estimate of drug-likeness (QED) is 0.600. The van der Waals surface area contributed by atoms with Crippen LogP contribution in [0.1, 0.15) is 27.7 Å². The number of esters is 1. The minimum atomic E-state index is -5.21. The zero-order valence-electron chi connectivity index (χ0n) is 11.7. The maximum absolute atomic E-state index is 13.2. The third-order valence-corrected chi connectivity index (χ3v) is 1.93. The second kappa shape index (κ2) is 7.32. The van der Waals surface area contributed by atoms with Gasteiger partial charge in [-0.2, -0.15) is 13.2 Å². The minimum Gasteiger partial charge on any atom is -0.462 e. The topological polar surface area (TPSA) is 73.9 Å². The summed E-state index contributed by atoms with van der Waals surface area (Å²) >= 11 is 0. The monoisotopic (exact) mass is 301 g/mol. The fraction of sp³-hybridized carbons (Fsp3) is 0.818. The third-order valence-electron chi connectivity index (χ3n) is 1.93. The number of alkyl carbamates (subject to hydrolysis) is 1. The van der Waals surface area contributed by atoms with Gasteiger partial charge < -0.3 is 14.2 Å². The Morgan fingerprint density at radius 1 is 1.10 bits per heavy atom. The van der Waals surface area contributed by atoms with Crippen molar-refractivity contribution >= 4 is 12.1 Å². The molecule has 9 heteroatoms. The van der Waals surface area contributed by atoms with Gasteiger partial charge in [0.25, 0.3) is 0 Å². The summed E-state index contributed by atoms with van der Waals surface area (Å²) in [5.74, 6) is -1.76. The summed E-state index contributed by atoms with van der Waals surface area (Å²) in [6, 6.07) is 0. The first kappa shape index (κ1) is 18.5. The molecule has 118 valence electrons. The van der Waals surface area contributed by atoms with Crippen LogP contribution in [0.25, 0.3) is 0 Å². The highest BCUT2D eigenvalue weighted by atomic mass is 19.4. The smallest absolute Gasteiger partial charge is 0.448 e. The van der Waals surface area contributed by atoms with Crippen LogP contribution in [0.4, 0.5) is 18.0 Å². The lowest BCUT2D eigenvalue weighted by Gasteiger charge is -2.34. The molecule has 1 atom stereocenters. The molecule has 0 aliphatic carbocycles. The number of ether oxygens (including phenoxy) is 3. The van der Waals surface area contributed by atoms with E-state index in [0.29, 0.717) is 0 Å². The Morgan fingerprint density at radius 2 is 1.60 bits per heavy atom. The summed E-state index contributed by atoms with van der Waals surface area (Å²) in [5, 5.41) is 1.40. The van der Waals surface area contributed by atoms with Gasteiger partial charge in [0.2, 0.25) is 0 Å². The van der Waals surface area contributed by atoms with Gasteiger partial charge in [-0.05, 0) is 27.7 Å². The van der Waals surface area contributed by atoms with Crippen molar-refractivity contribution in [1.82, 2.24) is 5.32 Å². The molecule has 0 heterocycles. The molecule has 0 unspecified atom stereocenters. The highest BCUT2D eigenvalue weighted by molar-refractivity contribution is 5.85. The van der Waals surface area contributed by atoms with Crippen LogP contribution in [0.15, 0.2) is 0 Å². The molecule has 0 bridgehead atoms. The predicted octanol–water partition coefficient (Wildman–Crippen LogP) is 1.98.